The van der Waals surface area contributed by atoms with Crippen LogP contribution in [0.25, 0.3) is 0 Å². The van der Waals surface area contributed by atoms with Gasteiger partial charge in [-0.1, -0.05) is 22.9 Å². The van der Waals surface area contributed by atoms with Crippen LogP contribution in [-0.2, 0) is 11.2 Å². The second-order valence-corrected chi connectivity index (χ2v) is 7.70. The van der Waals surface area contributed by atoms with Gasteiger partial charge in [0.15, 0.2) is 0 Å². The highest BCUT2D eigenvalue weighted by Crippen LogP contribution is 2.29. The number of halogens is 2. The van der Waals surface area contributed by atoms with Crippen molar-refractivity contribution in [2.45, 2.75) is 46.1 Å². The standard InChI is InChI=1S/C17H25BrFNO3/c1-5-17(11-21,10-20-15(22)23-16(2,3)4)9-12-8-13(18)6-7-14(12)19/h6-8,21H,5,9-11H2,1-4H3,(H,20,22). The molecular weight excluding hydrogens is 365 g/mol. The number of aliphatic hydroxyl groups excluding tert-OH is 1. The van der Waals surface area contributed by atoms with E-state index in [4.69, 9.17) is 4.74 Å². The highest BCUT2D eigenvalue weighted by Gasteiger charge is 2.30. The zero-order valence-corrected chi connectivity index (χ0v) is 15.7. The quantitative estimate of drug-likeness (QED) is 0.771. The first-order valence-electron chi connectivity index (χ1n) is 7.62. The van der Waals surface area contributed by atoms with E-state index in [1.807, 2.05) is 6.92 Å². The van der Waals surface area contributed by atoms with E-state index in [0.29, 0.717) is 18.4 Å². The van der Waals surface area contributed by atoms with Crippen molar-refractivity contribution in [3.8, 4) is 0 Å². The van der Waals surface area contributed by atoms with E-state index in [0.717, 1.165) is 4.47 Å². The summed E-state index contributed by atoms with van der Waals surface area (Å²) < 4.78 is 20.0. The van der Waals surface area contributed by atoms with E-state index < -0.39 is 17.1 Å². The number of rotatable bonds is 6. The Kier molecular flexibility index (Phi) is 7.02. The van der Waals surface area contributed by atoms with Crippen LogP contribution in [0.4, 0.5) is 9.18 Å². The largest absolute Gasteiger partial charge is 0.444 e. The monoisotopic (exact) mass is 389 g/mol. The molecule has 0 heterocycles. The first kappa shape index (κ1) is 19.9. The molecule has 1 atom stereocenters. The lowest BCUT2D eigenvalue weighted by Gasteiger charge is -2.32. The normalized spacial score (nSPS) is 14.2. The number of alkyl carbamates (subject to hydrolysis) is 1. The summed E-state index contributed by atoms with van der Waals surface area (Å²) in [6, 6.07) is 4.71. The summed E-state index contributed by atoms with van der Waals surface area (Å²) in [5, 5.41) is 12.5. The minimum Gasteiger partial charge on any atom is -0.444 e. The minimum atomic E-state index is -0.640. The molecule has 0 fully saturated rings. The maximum absolute atomic E-state index is 14.0. The average molecular weight is 390 g/mol. The van der Waals surface area contributed by atoms with Gasteiger partial charge in [0.05, 0.1) is 6.61 Å². The smallest absolute Gasteiger partial charge is 0.407 e. The van der Waals surface area contributed by atoms with Gasteiger partial charge in [-0.15, -0.1) is 0 Å². The highest BCUT2D eigenvalue weighted by atomic mass is 79.9. The third-order valence-electron chi connectivity index (χ3n) is 3.67. The van der Waals surface area contributed by atoms with Crippen LogP contribution in [0.5, 0.6) is 0 Å². The zero-order chi connectivity index (χ0) is 17.7. The van der Waals surface area contributed by atoms with Crippen molar-refractivity contribution >= 4 is 22.0 Å². The Hall–Kier alpha value is -1.14. The number of amides is 1. The van der Waals surface area contributed by atoms with Crippen molar-refractivity contribution in [3.63, 3.8) is 0 Å². The van der Waals surface area contributed by atoms with Gasteiger partial charge in [0, 0.05) is 16.4 Å². The molecule has 0 radical (unpaired) electrons. The minimum absolute atomic E-state index is 0.161. The molecule has 0 aromatic heterocycles. The molecule has 1 aromatic rings. The number of benzene rings is 1. The second-order valence-electron chi connectivity index (χ2n) is 6.78. The lowest BCUT2D eigenvalue weighted by molar-refractivity contribution is 0.0460. The molecule has 0 bridgehead atoms. The topological polar surface area (TPSA) is 58.6 Å². The Morgan fingerprint density at radius 1 is 1.39 bits per heavy atom. The maximum Gasteiger partial charge on any atom is 0.407 e. The Morgan fingerprint density at radius 3 is 2.57 bits per heavy atom. The Morgan fingerprint density at radius 2 is 2.04 bits per heavy atom. The molecule has 1 unspecified atom stereocenters. The fourth-order valence-electron chi connectivity index (χ4n) is 2.19. The SMILES string of the molecule is CCC(CO)(CNC(=O)OC(C)(C)C)Cc1cc(Br)ccc1F. The molecule has 23 heavy (non-hydrogen) atoms. The van der Waals surface area contributed by atoms with Crippen LogP contribution in [0.2, 0.25) is 0 Å². The summed E-state index contributed by atoms with van der Waals surface area (Å²) in [7, 11) is 0. The maximum atomic E-state index is 14.0. The lowest BCUT2D eigenvalue weighted by atomic mass is 9.79. The highest BCUT2D eigenvalue weighted by molar-refractivity contribution is 9.10. The van der Waals surface area contributed by atoms with Gasteiger partial charge in [-0.3, -0.25) is 0 Å². The summed E-state index contributed by atoms with van der Waals surface area (Å²) in [5.74, 6) is -0.322. The zero-order valence-electron chi connectivity index (χ0n) is 14.1. The van der Waals surface area contributed by atoms with E-state index in [9.17, 15) is 14.3 Å². The van der Waals surface area contributed by atoms with Gasteiger partial charge in [-0.25, -0.2) is 9.18 Å². The molecule has 1 aromatic carbocycles. The van der Waals surface area contributed by atoms with Crippen LogP contribution in [0.1, 0.15) is 39.7 Å². The molecule has 0 saturated heterocycles. The number of nitrogens with one attached hydrogen (secondary N) is 1. The Bertz CT molecular complexity index is 539. The summed E-state index contributed by atoms with van der Waals surface area (Å²) >= 11 is 3.32. The van der Waals surface area contributed by atoms with Gasteiger partial charge in [-0.2, -0.15) is 0 Å². The molecular formula is C17H25BrFNO3. The van der Waals surface area contributed by atoms with Crippen LogP contribution in [0, 0.1) is 11.2 Å². The van der Waals surface area contributed by atoms with E-state index in [1.54, 1.807) is 32.9 Å². The molecule has 0 aliphatic rings. The number of hydrogen-bond donors (Lipinski definition) is 2. The van der Waals surface area contributed by atoms with Gasteiger partial charge >= 0.3 is 6.09 Å². The number of carbonyl (C=O) groups is 1. The molecule has 6 heteroatoms. The number of hydrogen-bond acceptors (Lipinski definition) is 3. The molecule has 0 aliphatic carbocycles. The van der Waals surface area contributed by atoms with Gasteiger partial charge in [0.1, 0.15) is 11.4 Å². The predicted molar refractivity (Wildman–Crippen MR) is 91.9 cm³/mol. The molecule has 2 N–H and O–H groups in total. The van der Waals surface area contributed by atoms with Gasteiger partial charge in [-0.05, 0) is 57.4 Å². The van der Waals surface area contributed by atoms with Crippen LogP contribution in [-0.4, -0.2) is 30.0 Å². The van der Waals surface area contributed by atoms with E-state index in [1.165, 1.54) is 6.07 Å². The molecule has 0 saturated carbocycles. The van der Waals surface area contributed by atoms with Crippen molar-refractivity contribution < 1.29 is 19.0 Å². The summed E-state index contributed by atoms with van der Waals surface area (Å²) in [6.07, 6.45) is 0.366. The van der Waals surface area contributed by atoms with E-state index in [-0.39, 0.29) is 19.0 Å². The van der Waals surface area contributed by atoms with Crippen LogP contribution in [0.3, 0.4) is 0 Å². The lowest BCUT2D eigenvalue weighted by Crippen LogP contribution is -2.43. The Balaban J connectivity index is 2.82. The molecule has 0 spiro atoms. The average Bonchev–Trinajstić information content (AvgIpc) is 2.45. The van der Waals surface area contributed by atoms with Gasteiger partial charge in [0.2, 0.25) is 0 Å². The third-order valence-corrected chi connectivity index (χ3v) is 4.16. The van der Waals surface area contributed by atoms with Gasteiger partial charge < -0.3 is 15.2 Å². The van der Waals surface area contributed by atoms with Gasteiger partial charge in [0.25, 0.3) is 0 Å². The molecule has 1 rings (SSSR count). The molecule has 130 valence electrons. The third kappa shape index (κ3) is 6.47. The molecule has 0 aliphatic heterocycles. The molecule has 1 amide bonds. The second kappa shape index (κ2) is 8.11. The van der Waals surface area contributed by atoms with Crippen LogP contribution in [0.15, 0.2) is 22.7 Å². The van der Waals surface area contributed by atoms with Crippen LogP contribution >= 0.6 is 15.9 Å². The van der Waals surface area contributed by atoms with Crippen molar-refractivity contribution in [2.75, 3.05) is 13.2 Å². The fraction of sp³-hybridized carbons (Fsp3) is 0.588. The first-order chi connectivity index (χ1) is 10.6. The number of ether oxygens (including phenoxy) is 1. The fourth-order valence-corrected chi connectivity index (χ4v) is 2.60. The number of aliphatic hydroxyl groups is 1. The van der Waals surface area contributed by atoms with Crippen LogP contribution < -0.4 is 5.32 Å². The van der Waals surface area contributed by atoms with Crippen molar-refractivity contribution in [1.82, 2.24) is 5.32 Å². The van der Waals surface area contributed by atoms with Crippen molar-refractivity contribution in [2.24, 2.45) is 5.41 Å². The summed E-state index contributed by atoms with van der Waals surface area (Å²) in [4.78, 5) is 11.8. The van der Waals surface area contributed by atoms with Crippen molar-refractivity contribution in [3.05, 3.63) is 34.1 Å². The predicted octanol–water partition coefficient (Wildman–Crippen LogP) is 4.04. The van der Waals surface area contributed by atoms with E-state index in [2.05, 4.69) is 21.2 Å². The Labute approximate surface area is 145 Å². The van der Waals surface area contributed by atoms with E-state index >= 15 is 0 Å². The van der Waals surface area contributed by atoms with Crippen molar-refractivity contribution in [1.29, 1.82) is 0 Å². The summed E-state index contributed by atoms with van der Waals surface area (Å²) in [6.45, 7) is 7.29. The summed E-state index contributed by atoms with van der Waals surface area (Å²) in [5.41, 5.74) is -0.728. The number of carbonyl (C=O) groups excluding carboxylic acids is 1. The first-order valence-corrected chi connectivity index (χ1v) is 8.42. The molecule has 4 nitrogen and oxygen atoms in total.